The highest BCUT2D eigenvalue weighted by Gasteiger charge is 2.21. The molecule has 0 spiro atoms. The van der Waals surface area contributed by atoms with Crippen LogP contribution in [0.25, 0.3) is 0 Å². The quantitative estimate of drug-likeness (QED) is 0.871. The molecule has 19 heavy (non-hydrogen) atoms. The van der Waals surface area contributed by atoms with Crippen LogP contribution >= 0.6 is 12.4 Å². The Bertz CT molecular complexity index is 412. The van der Waals surface area contributed by atoms with Crippen molar-refractivity contribution >= 4 is 12.4 Å². The van der Waals surface area contributed by atoms with Crippen LogP contribution in [0.15, 0.2) is 12.1 Å². The van der Waals surface area contributed by atoms with E-state index in [-0.39, 0.29) is 19.0 Å². The fourth-order valence-corrected chi connectivity index (χ4v) is 2.52. The van der Waals surface area contributed by atoms with Crippen molar-refractivity contribution in [2.75, 3.05) is 27.4 Å². The Hall–Kier alpha value is -0.970. The summed E-state index contributed by atoms with van der Waals surface area (Å²) in [7, 11) is 3.32. The molecule has 0 aromatic heterocycles. The maximum Gasteiger partial charge on any atom is 0.161 e. The minimum atomic E-state index is 0. The molecule has 2 rings (SSSR count). The van der Waals surface area contributed by atoms with Gasteiger partial charge in [0.2, 0.25) is 0 Å². The van der Waals surface area contributed by atoms with Crippen molar-refractivity contribution in [3.8, 4) is 11.5 Å². The Labute approximate surface area is 120 Å². The summed E-state index contributed by atoms with van der Waals surface area (Å²) in [6.07, 6.45) is 2.76. The third-order valence-electron chi connectivity index (χ3n) is 3.46. The van der Waals surface area contributed by atoms with E-state index >= 15 is 0 Å². The van der Waals surface area contributed by atoms with Crippen molar-refractivity contribution in [1.82, 2.24) is 5.32 Å². The van der Waals surface area contributed by atoms with Crippen molar-refractivity contribution in [2.24, 2.45) is 0 Å². The van der Waals surface area contributed by atoms with Gasteiger partial charge in [0, 0.05) is 12.6 Å². The Balaban J connectivity index is 0.00000180. The number of ether oxygens (including phenoxy) is 2. The van der Waals surface area contributed by atoms with E-state index < -0.39 is 0 Å². The summed E-state index contributed by atoms with van der Waals surface area (Å²) in [6, 6.07) is 4.43. The molecule has 1 aromatic carbocycles. The van der Waals surface area contributed by atoms with Gasteiger partial charge in [-0.25, -0.2) is 0 Å². The number of nitrogens with one attached hydrogen (secondary N) is 1. The summed E-state index contributed by atoms with van der Waals surface area (Å²) in [6.45, 7) is 1.21. The number of aliphatic hydroxyl groups excluding tert-OH is 1. The lowest BCUT2D eigenvalue weighted by Crippen LogP contribution is -2.30. The van der Waals surface area contributed by atoms with Crippen LogP contribution in [0.4, 0.5) is 0 Å². The number of fused-ring (bicyclic) bond motifs is 1. The van der Waals surface area contributed by atoms with Gasteiger partial charge in [-0.05, 0) is 49.1 Å². The molecule has 0 aliphatic carbocycles. The Morgan fingerprint density at radius 1 is 1.26 bits per heavy atom. The van der Waals surface area contributed by atoms with E-state index in [4.69, 9.17) is 14.6 Å². The van der Waals surface area contributed by atoms with Gasteiger partial charge in [0.1, 0.15) is 0 Å². The molecule has 0 saturated heterocycles. The van der Waals surface area contributed by atoms with Gasteiger partial charge in [-0.15, -0.1) is 12.4 Å². The van der Waals surface area contributed by atoms with Crippen LogP contribution in [0.1, 0.15) is 30.0 Å². The van der Waals surface area contributed by atoms with Crippen LogP contribution in [-0.2, 0) is 6.42 Å². The molecule has 0 fully saturated rings. The van der Waals surface area contributed by atoms with Crippen molar-refractivity contribution in [3.63, 3.8) is 0 Å². The first-order chi connectivity index (χ1) is 8.80. The first kappa shape index (κ1) is 16.1. The molecule has 0 amide bonds. The normalized spacial score (nSPS) is 17.3. The highest BCUT2D eigenvalue weighted by Crippen LogP contribution is 2.36. The number of hydrogen-bond acceptors (Lipinski definition) is 4. The second kappa shape index (κ2) is 7.58. The summed E-state index contributed by atoms with van der Waals surface area (Å²) in [5.74, 6) is 1.56. The average molecular weight is 288 g/mol. The van der Waals surface area contributed by atoms with Crippen molar-refractivity contribution in [2.45, 2.75) is 25.3 Å². The van der Waals surface area contributed by atoms with E-state index in [1.54, 1.807) is 14.2 Å². The molecule has 1 aromatic rings. The molecule has 1 atom stereocenters. The standard InChI is InChI=1S/C14H21NO3.ClH/c1-17-13-8-10-5-6-15-12(4-3-7-16)11(10)9-14(13)18-2;/h8-9,12,15-16H,3-7H2,1-2H3;1H. The van der Waals surface area contributed by atoms with Gasteiger partial charge >= 0.3 is 0 Å². The van der Waals surface area contributed by atoms with E-state index in [1.807, 2.05) is 0 Å². The summed E-state index contributed by atoms with van der Waals surface area (Å²) >= 11 is 0. The van der Waals surface area contributed by atoms with Gasteiger partial charge in [-0.3, -0.25) is 0 Å². The molecule has 0 saturated carbocycles. The Morgan fingerprint density at radius 3 is 2.58 bits per heavy atom. The van der Waals surface area contributed by atoms with Crippen LogP contribution in [0, 0.1) is 0 Å². The number of aliphatic hydroxyl groups is 1. The maximum absolute atomic E-state index is 8.96. The molecule has 1 aliphatic heterocycles. The molecule has 5 heteroatoms. The van der Waals surface area contributed by atoms with E-state index in [1.165, 1.54) is 11.1 Å². The van der Waals surface area contributed by atoms with E-state index in [9.17, 15) is 0 Å². The third kappa shape index (κ3) is 3.53. The first-order valence-corrected chi connectivity index (χ1v) is 6.39. The van der Waals surface area contributed by atoms with Crippen molar-refractivity contribution in [1.29, 1.82) is 0 Å². The molecule has 108 valence electrons. The molecule has 1 heterocycles. The molecular formula is C14H22ClNO3. The first-order valence-electron chi connectivity index (χ1n) is 6.39. The number of hydrogen-bond donors (Lipinski definition) is 2. The molecule has 2 N–H and O–H groups in total. The van der Waals surface area contributed by atoms with Gasteiger partial charge in [0.15, 0.2) is 11.5 Å². The summed E-state index contributed by atoms with van der Waals surface area (Å²) in [5, 5.41) is 12.4. The van der Waals surface area contributed by atoms with Gasteiger partial charge in [0.05, 0.1) is 14.2 Å². The largest absolute Gasteiger partial charge is 0.493 e. The summed E-state index contributed by atoms with van der Waals surface area (Å²) in [5.41, 5.74) is 2.58. The average Bonchev–Trinajstić information content (AvgIpc) is 2.43. The molecule has 4 nitrogen and oxygen atoms in total. The minimum Gasteiger partial charge on any atom is -0.493 e. The Morgan fingerprint density at radius 2 is 1.95 bits per heavy atom. The van der Waals surface area contributed by atoms with Gasteiger partial charge < -0.3 is 19.9 Å². The third-order valence-corrected chi connectivity index (χ3v) is 3.46. The smallest absolute Gasteiger partial charge is 0.161 e. The fraction of sp³-hybridized carbons (Fsp3) is 0.571. The van der Waals surface area contributed by atoms with Gasteiger partial charge in [0.25, 0.3) is 0 Å². The lowest BCUT2D eigenvalue weighted by Gasteiger charge is -2.28. The van der Waals surface area contributed by atoms with Crippen LogP contribution in [-0.4, -0.2) is 32.5 Å². The number of rotatable bonds is 5. The lowest BCUT2D eigenvalue weighted by atomic mass is 9.91. The minimum absolute atomic E-state index is 0. The second-order valence-electron chi connectivity index (χ2n) is 4.53. The Kier molecular flexibility index (Phi) is 6.42. The summed E-state index contributed by atoms with van der Waals surface area (Å²) in [4.78, 5) is 0. The highest BCUT2D eigenvalue weighted by molar-refractivity contribution is 5.85. The van der Waals surface area contributed by atoms with Crippen LogP contribution in [0.5, 0.6) is 11.5 Å². The number of halogens is 1. The van der Waals surface area contributed by atoms with E-state index in [0.29, 0.717) is 6.04 Å². The van der Waals surface area contributed by atoms with Crippen molar-refractivity contribution in [3.05, 3.63) is 23.3 Å². The summed E-state index contributed by atoms with van der Waals surface area (Å²) < 4.78 is 10.7. The van der Waals surface area contributed by atoms with E-state index in [0.717, 1.165) is 37.3 Å². The zero-order valence-corrected chi connectivity index (χ0v) is 12.3. The van der Waals surface area contributed by atoms with Crippen LogP contribution in [0.3, 0.4) is 0 Å². The second-order valence-corrected chi connectivity index (χ2v) is 4.53. The van der Waals surface area contributed by atoms with Crippen LogP contribution in [0.2, 0.25) is 0 Å². The number of benzene rings is 1. The lowest BCUT2D eigenvalue weighted by molar-refractivity contribution is 0.273. The van der Waals surface area contributed by atoms with Crippen molar-refractivity contribution < 1.29 is 14.6 Å². The predicted molar refractivity (Wildman–Crippen MR) is 77.6 cm³/mol. The molecule has 1 aliphatic rings. The SMILES string of the molecule is COc1cc2c(cc1OC)C(CCCO)NCC2.Cl. The maximum atomic E-state index is 8.96. The monoisotopic (exact) mass is 287 g/mol. The topological polar surface area (TPSA) is 50.7 Å². The predicted octanol–water partition coefficient (Wildman–Crippen LogP) is 2.08. The zero-order chi connectivity index (χ0) is 13.0. The molecule has 0 bridgehead atoms. The van der Waals surface area contributed by atoms with E-state index in [2.05, 4.69) is 17.4 Å². The molecule has 0 radical (unpaired) electrons. The van der Waals surface area contributed by atoms with Crippen LogP contribution < -0.4 is 14.8 Å². The zero-order valence-electron chi connectivity index (χ0n) is 11.4. The molecule has 1 unspecified atom stereocenters. The van der Waals surface area contributed by atoms with Gasteiger partial charge in [-0.1, -0.05) is 0 Å². The fourth-order valence-electron chi connectivity index (χ4n) is 2.52. The molecular weight excluding hydrogens is 266 g/mol. The number of methoxy groups -OCH3 is 2. The van der Waals surface area contributed by atoms with Gasteiger partial charge in [-0.2, -0.15) is 0 Å². The highest BCUT2D eigenvalue weighted by atomic mass is 35.5.